The lowest BCUT2D eigenvalue weighted by molar-refractivity contribution is 0.0984. The van der Waals surface area contributed by atoms with E-state index in [0.717, 1.165) is 27.9 Å². The number of nitrogens with zero attached hydrogens (tertiary/aromatic N) is 2. The maximum Gasteiger partial charge on any atom is 0.188 e. The molecule has 4 rings (SSSR count). The number of rotatable bonds is 4. The normalized spacial score (nSPS) is 10.9. The second-order valence-corrected chi connectivity index (χ2v) is 5.76. The lowest BCUT2D eigenvalue weighted by atomic mass is 10.1. The fourth-order valence-corrected chi connectivity index (χ4v) is 2.79. The van der Waals surface area contributed by atoms with Crippen molar-refractivity contribution in [3.63, 3.8) is 0 Å². The predicted octanol–water partition coefficient (Wildman–Crippen LogP) is 4.19. The van der Waals surface area contributed by atoms with Gasteiger partial charge in [0, 0.05) is 29.9 Å². The smallest absolute Gasteiger partial charge is 0.188 e. The van der Waals surface area contributed by atoms with Crippen molar-refractivity contribution in [2.24, 2.45) is 0 Å². The summed E-state index contributed by atoms with van der Waals surface area (Å²) in [6, 6.07) is 16.5. The van der Waals surface area contributed by atoms with Gasteiger partial charge < -0.3 is 4.98 Å². The third kappa shape index (κ3) is 3.04. The standard InChI is InChI=1S/C20H14FN3O/c21-16-7-4-8-22-19(16)18(25)10-13-9-15-11-17(24-20(15)23-12-13)14-5-2-1-3-6-14/h1-9,11-12H,10H2,(H,23,24). The number of carbonyl (C=O) groups excluding carboxylic acids is 1. The molecule has 5 heteroatoms. The summed E-state index contributed by atoms with van der Waals surface area (Å²) in [4.78, 5) is 23.7. The molecule has 25 heavy (non-hydrogen) atoms. The van der Waals surface area contributed by atoms with Crippen molar-refractivity contribution in [3.05, 3.63) is 84.1 Å². The van der Waals surface area contributed by atoms with Crippen molar-refractivity contribution in [2.45, 2.75) is 6.42 Å². The number of hydrogen-bond acceptors (Lipinski definition) is 3. The maximum absolute atomic E-state index is 13.7. The number of hydrogen-bond donors (Lipinski definition) is 1. The molecule has 0 fully saturated rings. The molecule has 122 valence electrons. The van der Waals surface area contributed by atoms with E-state index in [2.05, 4.69) is 15.0 Å². The highest BCUT2D eigenvalue weighted by Crippen LogP contribution is 2.23. The Bertz CT molecular complexity index is 1060. The van der Waals surface area contributed by atoms with Crippen LogP contribution in [0.2, 0.25) is 0 Å². The van der Waals surface area contributed by atoms with Crippen LogP contribution in [0.1, 0.15) is 16.1 Å². The van der Waals surface area contributed by atoms with Crippen molar-refractivity contribution >= 4 is 16.8 Å². The number of ketones is 1. The van der Waals surface area contributed by atoms with E-state index in [4.69, 9.17) is 0 Å². The molecule has 1 aromatic carbocycles. The van der Waals surface area contributed by atoms with E-state index in [1.54, 1.807) is 6.20 Å². The van der Waals surface area contributed by atoms with Gasteiger partial charge in [-0.25, -0.2) is 9.37 Å². The minimum Gasteiger partial charge on any atom is -0.339 e. The highest BCUT2D eigenvalue weighted by atomic mass is 19.1. The molecule has 0 spiro atoms. The minimum absolute atomic E-state index is 0.0583. The van der Waals surface area contributed by atoms with E-state index in [1.807, 2.05) is 42.5 Å². The summed E-state index contributed by atoms with van der Waals surface area (Å²) in [7, 11) is 0. The van der Waals surface area contributed by atoms with Crippen molar-refractivity contribution < 1.29 is 9.18 Å². The number of carbonyl (C=O) groups is 1. The van der Waals surface area contributed by atoms with Crippen LogP contribution in [0.4, 0.5) is 4.39 Å². The van der Waals surface area contributed by atoms with Crippen molar-refractivity contribution in [1.29, 1.82) is 0 Å². The van der Waals surface area contributed by atoms with Crippen LogP contribution in [0.15, 0.2) is 67.0 Å². The molecule has 3 heterocycles. The van der Waals surface area contributed by atoms with E-state index in [-0.39, 0.29) is 17.9 Å². The van der Waals surface area contributed by atoms with Gasteiger partial charge >= 0.3 is 0 Å². The summed E-state index contributed by atoms with van der Waals surface area (Å²) in [6.07, 6.45) is 3.10. The van der Waals surface area contributed by atoms with Gasteiger partial charge in [0.25, 0.3) is 0 Å². The van der Waals surface area contributed by atoms with Gasteiger partial charge in [-0.05, 0) is 35.4 Å². The zero-order chi connectivity index (χ0) is 17.2. The molecule has 0 unspecified atom stereocenters. The Labute approximate surface area is 143 Å². The minimum atomic E-state index is -0.602. The van der Waals surface area contributed by atoms with Crippen LogP contribution in [-0.4, -0.2) is 20.7 Å². The molecule has 0 aliphatic carbocycles. The third-order valence-corrected chi connectivity index (χ3v) is 4.00. The molecule has 0 atom stereocenters. The Morgan fingerprint density at radius 1 is 1.04 bits per heavy atom. The first-order valence-electron chi connectivity index (χ1n) is 7.87. The van der Waals surface area contributed by atoms with Crippen LogP contribution in [0.25, 0.3) is 22.3 Å². The Hall–Kier alpha value is -3.34. The second kappa shape index (κ2) is 6.28. The fourth-order valence-electron chi connectivity index (χ4n) is 2.79. The molecule has 1 N–H and O–H groups in total. The summed E-state index contributed by atoms with van der Waals surface area (Å²) >= 11 is 0. The number of Topliss-reactive ketones (excluding diaryl/α,β-unsaturated/α-hetero) is 1. The monoisotopic (exact) mass is 331 g/mol. The number of H-pyrrole nitrogens is 1. The van der Waals surface area contributed by atoms with Gasteiger partial charge in [-0.1, -0.05) is 30.3 Å². The van der Waals surface area contributed by atoms with Gasteiger partial charge in [0.1, 0.15) is 11.3 Å². The van der Waals surface area contributed by atoms with Gasteiger partial charge in [-0.2, -0.15) is 0 Å². The molecule has 4 aromatic rings. The molecule has 0 amide bonds. The SMILES string of the molecule is O=C(Cc1cnc2[nH]c(-c3ccccc3)cc2c1)c1ncccc1F. The van der Waals surface area contributed by atoms with E-state index in [9.17, 15) is 9.18 Å². The summed E-state index contributed by atoms with van der Waals surface area (Å²) < 4.78 is 13.7. The Morgan fingerprint density at radius 2 is 1.88 bits per heavy atom. The number of benzene rings is 1. The van der Waals surface area contributed by atoms with Crippen LogP contribution in [0.5, 0.6) is 0 Å². The van der Waals surface area contributed by atoms with Gasteiger partial charge in [0.15, 0.2) is 11.6 Å². The summed E-state index contributed by atoms with van der Waals surface area (Å²) in [5.41, 5.74) is 3.36. The first-order valence-corrected chi connectivity index (χ1v) is 7.87. The summed E-state index contributed by atoms with van der Waals surface area (Å²) in [6.45, 7) is 0. The second-order valence-electron chi connectivity index (χ2n) is 5.76. The molecule has 3 aromatic heterocycles. The van der Waals surface area contributed by atoms with Crippen molar-refractivity contribution in [1.82, 2.24) is 15.0 Å². The van der Waals surface area contributed by atoms with Crippen molar-refractivity contribution in [3.8, 4) is 11.3 Å². The number of fused-ring (bicyclic) bond motifs is 1. The topological polar surface area (TPSA) is 58.6 Å². The highest BCUT2D eigenvalue weighted by Gasteiger charge is 2.14. The van der Waals surface area contributed by atoms with Crippen LogP contribution >= 0.6 is 0 Å². The average Bonchev–Trinajstić information content (AvgIpc) is 3.06. The lowest BCUT2D eigenvalue weighted by Gasteiger charge is -2.02. The fraction of sp³-hybridized carbons (Fsp3) is 0.0500. The third-order valence-electron chi connectivity index (χ3n) is 4.00. The molecule has 0 radical (unpaired) electrons. The molecular formula is C20H14FN3O. The number of nitrogens with one attached hydrogen (secondary N) is 1. The maximum atomic E-state index is 13.7. The average molecular weight is 331 g/mol. The van der Waals surface area contributed by atoms with E-state index >= 15 is 0 Å². The van der Waals surface area contributed by atoms with Crippen LogP contribution in [-0.2, 0) is 6.42 Å². The van der Waals surface area contributed by atoms with Gasteiger partial charge in [0.05, 0.1) is 0 Å². The lowest BCUT2D eigenvalue weighted by Crippen LogP contribution is -2.08. The first-order chi connectivity index (χ1) is 12.2. The quantitative estimate of drug-likeness (QED) is 0.571. The van der Waals surface area contributed by atoms with E-state index in [1.165, 1.54) is 18.3 Å². The zero-order valence-corrected chi connectivity index (χ0v) is 13.2. The molecule has 0 saturated carbocycles. The summed E-state index contributed by atoms with van der Waals surface area (Å²) in [5, 5.41) is 0.908. The largest absolute Gasteiger partial charge is 0.339 e. The Balaban J connectivity index is 1.63. The number of aromatic amines is 1. The zero-order valence-electron chi connectivity index (χ0n) is 13.2. The molecular weight excluding hydrogens is 317 g/mol. The van der Waals surface area contributed by atoms with E-state index < -0.39 is 5.82 Å². The van der Waals surface area contributed by atoms with Crippen LogP contribution < -0.4 is 0 Å². The number of halogens is 1. The Morgan fingerprint density at radius 3 is 2.68 bits per heavy atom. The van der Waals surface area contributed by atoms with E-state index in [0.29, 0.717) is 0 Å². The molecule has 0 saturated heterocycles. The Kier molecular flexibility index (Phi) is 3.82. The van der Waals surface area contributed by atoms with Gasteiger partial charge in [-0.15, -0.1) is 0 Å². The van der Waals surface area contributed by atoms with Crippen LogP contribution in [0, 0.1) is 5.82 Å². The predicted molar refractivity (Wildman–Crippen MR) is 93.8 cm³/mol. The summed E-state index contributed by atoms with van der Waals surface area (Å²) in [5.74, 6) is -0.965. The van der Waals surface area contributed by atoms with Gasteiger partial charge in [-0.3, -0.25) is 9.78 Å². The molecule has 4 nitrogen and oxygen atoms in total. The molecule has 0 aliphatic heterocycles. The molecule has 0 aliphatic rings. The van der Waals surface area contributed by atoms with Crippen LogP contribution in [0.3, 0.4) is 0 Å². The number of aromatic nitrogens is 3. The highest BCUT2D eigenvalue weighted by molar-refractivity contribution is 5.96. The molecule has 0 bridgehead atoms. The first kappa shape index (κ1) is 15.2. The van der Waals surface area contributed by atoms with Gasteiger partial charge in [0.2, 0.25) is 0 Å². The van der Waals surface area contributed by atoms with Crippen molar-refractivity contribution in [2.75, 3.05) is 0 Å². The number of pyridine rings is 2.